The van der Waals surface area contributed by atoms with Crippen molar-refractivity contribution >= 4 is 63.7 Å². The molecule has 94 valence electrons. The number of rotatable bonds is 6. The van der Waals surface area contributed by atoms with Crippen LogP contribution in [0, 0.1) is 0 Å². The molecule has 0 radical (unpaired) electrons. The molecule has 0 rings (SSSR count). The summed E-state index contributed by atoms with van der Waals surface area (Å²) in [6, 6.07) is 0. The largest absolute Gasteiger partial charge is 0.392 e. The predicted molar refractivity (Wildman–Crippen MR) is 75.8 cm³/mol. The molecule has 8 heteroatoms. The van der Waals surface area contributed by atoms with Crippen molar-refractivity contribution in [2.24, 2.45) is 0 Å². The van der Waals surface area contributed by atoms with Crippen LogP contribution in [0.25, 0.3) is 0 Å². The van der Waals surface area contributed by atoms with E-state index in [2.05, 4.69) is 63.7 Å². The molecule has 0 aromatic rings. The summed E-state index contributed by atoms with van der Waals surface area (Å²) in [6.45, 7) is -0.142. The van der Waals surface area contributed by atoms with E-state index in [0.717, 1.165) is 0 Å². The molecule has 0 heterocycles. The SMILES string of the molecule is OCC=CC(Br)(Br)OC(O)C=CC(O)(Br)Br. The van der Waals surface area contributed by atoms with Gasteiger partial charge in [-0.15, -0.1) is 0 Å². The van der Waals surface area contributed by atoms with E-state index in [9.17, 15) is 10.2 Å². The maximum absolute atomic E-state index is 9.43. The number of halogens is 4. The van der Waals surface area contributed by atoms with Crippen molar-refractivity contribution in [3.63, 3.8) is 0 Å². The second-order valence-electron chi connectivity index (χ2n) is 2.60. The van der Waals surface area contributed by atoms with Gasteiger partial charge in [0.25, 0.3) is 0 Å². The van der Waals surface area contributed by atoms with Gasteiger partial charge in [-0.25, -0.2) is 0 Å². The zero-order valence-electron chi connectivity index (χ0n) is 7.86. The Balaban J connectivity index is 4.28. The Morgan fingerprint density at radius 3 is 2.19 bits per heavy atom. The summed E-state index contributed by atoms with van der Waals surface area (Å²) in [5.74, 6) is 0. The van der Waals surface area contributed by atoms with Crippen molar-refractivity contribution in [1.29, 1.82) is 0 Å². The van der Waals surface area contributed by atoms with Gasteiger partial charge in [-0.05, 0) is 81.9 Å². The standard InChI is InChI=1S/C8H10Br4O4/c9-7(10,15)4-2-6(14)16-8(11,12)3-1-5-13/h1-4,6,13-15H,5H2. The van der Waals surface area contributed by atoms with Gasteiger partial charge in [0.1, 0.15) is 0 Å². The summed E-state index contributed by atoms with van der Waals surface area (Å²) < 4.78 is 2.62. The molecule has 0 amide bonds. The Hall–Kier alpha value is 1.24. The number of aliphatic hydroxyl groups excluding tert-OH is 2. The first kappa shape index (κ1) is 17.2. The topological polar surface area (TPSA) is 69.9 Å². The molecule has 4 nitrogen and oxygen atoms in total. The van der Waals surface area contributed by atoms with Crippen molar-refractivity contribution in [3.8, 4) is 0 Å². The van der Waals surface area contributed by atoms with Crippen LogP contribution in [0.2, 0.25) is 0 Å². The van der Waals surface area contributed by atoms with E-state index in [-0.39, 0.29) is 6.61 Å². The van der Waals surface area contributed by atoms with Crippen LogP contribution in [-0.2, 0) is 4.74 Å². The highest BCUT2D eigenvalue weighted by Gasteiger charge is 2.23. The van der Waals surface area contributed by atoms with E-state index < -0.39 is 13.1 Å². The van der Waals surface area contributed by atoms with Gasteiger partial charge in [0.05, 0.1) is 6.61 Å². The first-order valence-corrected chi connectivity index (χ1v) is 7.15. The fourth-order valence-corrected chi connectivity index (χ4v) is 1.69. The molecular formula is C8H10Br4O4. The van der Waals surface area contributed by atoms with Crippen LogP contribution in [0.1, 0.15) is 0 Å². The smallest absolute Gasteiger partial charge is 0.199 e. The maximum atomic E-state index is 9.43. The van der Waals surface area contributed by atoms with Crippen molar-refractivity contribution in [2.75, 3.05) is 6.61 Å². The van der Waals surface area contributed by atoms with Gasteiger partial charge in [-0.1, -0.05) is 6.08 Å². The molecule has 0 aromatic heterocycles. The minimum absolute atomic E-state index is 0.142. The molecule has 1 unspecified atom stereocenters. The minimum Gasteiger partial charge on any atom is -0.392 e. The molecule has 0 bridgehead atoms. The van der Waals surface area contributed by atoms with Gasteiger partial charge >= 0.3 is 0 Å². The number of aliphatic hydroxyl groups is 3. The Morgan fingerprint density at radius 1 is 1.19 bits per heavy atom. The Kier molecular flexibility index (Phi) is 8.22. The van der Waals surface area contributed by atoms with Crippen molar-refractivity contribution < 1.29 is 20.1 Å². The van der Waals surface area contributed by atoms with E-state index in [1.807, 2.05) is 0 Å². The van der Waals surface area contributed by atoms with E-state index in [1.54, 1.807) is 0 Å². The van der Waals surface area contributed by atoms with Gasteiger partial charge in [-0.3, -0.25) is 0 Å². The van der Waals surface area contributed by atoms with Crippen LogP contribution < -0.4 is 0 Å². The average molecular weight is 490 g/mol. The molecule has 0 fully saturated rings. The highest BCUT2D eigenvalue weighted by Crippen LogP contribution is 2.31. The summed E-state index contributed by atoms with van der Waals surface area (Å²) in [5, 5.41) is 27.2. The zero-order chi connectivity index (χ0) is 12.8. The van der Waals surface area contributed by atoms with Crippen LogP contribution in [0.5, 0.6) is 0 Å². The number of ether oxygens (including phenoxy) is 1. The lowest BCUT2D eigenvalue weighted by atomic mass is 10.5. The maximum Gasteiger partial charge on any atom is 0.199 e. The van der Waals surface area contributed by atoms with Gasteiger partial charge in [0.15, 0.2) is 13.1 Å². The van der Waals surface area contributed by atoms with Crippen LogP contribution in [-0.4, -0.2) is 35.1 Å². The first-order valence-electron chi connectivity index (χ1n) is 3.98. The van der Waals surface area contributed by atoms with Crippen molar-refractivity contribution in [3.05, 3.63) is 24.3 Å². The number of alkyl halides is 4. The summed E-state index contributed by atoms with van der Waals surface area (Å²) >= 11 is 12.0. The Morgan fingerprint density at radius 2 is 1.75 bits per heavy atom. The second-order valence-corrected chi connectivity index (χ2v) is 9.50. The third kappa shape index (κ3) is 10.4. The molecule has 3 N–H and O–H groups in total. The van der Waals surface area contributed by atoms with Gasteiger partial charge in [0.2, 0.25) is 0 Å². The third-order valence-electron chi connectivity index (χ3n) is 1.16. The molecule has 16 heavy (non-hydrogen) atoms. The highest BCUT2D eigenvalue weighted by atomic mass is 79.9. The number of hydrogen-bond acceptors (Lipinski definition) is 4. The lowest BCUT2D eigenvalue weighted by Crippen LogP contribution is -2.22. The van der Waals surface area contributed by atoms with Gasteiger partial charge in [0, 0.05) is 0 Å². The van der Waals surface area contributed by atoms with Crippen LogP contribution in [0.3, 0.4) is 0 Å². The number of hydrogen-bond donors (Lipinski definition) is 3. The predicted octanol–water partition coefficient (Wildman–Crippen LogP) is 2.31. The molecule has 0 saturated heterocycles. The minimum atomic E-state index is -1.38. The summed E-state index contributed by atoms with van der Waals surface area (Å²) in [5.41, 5.74) is 0. The fourth-order valence-electron chi connectivity index (χ4n) is 0.628. The molecule has 0 aliphatic rings. The average Bonchev–Trinajstić information content (AvgIpc) is 2.10. The Bertz CT molecular complexity index is 259. The molecule has 0 aromatic carbocycles. The summed E-state index contributed by atoms with van der Waals surface area (Å²) in [7, 11) is 0. The monoisotopic (exact) mass is 486 g/mol. The lowest BCUT2D eigenvalue weighted by Gasteiger charge is -2.20. The molecule has 0 saturated carbocycles. The van der Waals surface area contributed by atoms with E-state index in [0.29, 0.717) is 0 Å². The highest BCUT2D eigenvalue weighted by molar-refractivity contribution is 9.25. The quantitative estimate of drug-likeness (QED) is 0.304. The zero-order valence-corrected chi connectivity index (χ0v) is 14.2. The molecule has 0 aliphatic carbocycles. The van der Waals surface area contributed by atoms with Gasteiger partial charge in [-0.2, -0.15) is 0 Å². The van der Waals surface area contributed by atoms with E-state index in [4.69, 9.17) is 9.84 Å². The normalized spacial score (nSPS) is 16.2. The van der Waals surface area contributed by atoms with Crippen LogP contribution in [0.15, 0.2) is 24.3 Å². The van der Waals surface area contributed by atoms with Crippen LogP contribution >= 0.6 is 63.7 Å². The summed E-state index contributed by atoms with van der Waals surface area (Å²) in [6.07, 6.45) is 4.14. The molecule has 0 aliphatic heterocycles. The summed E-state index contributed by atoms with van der Waals surface area (Å²) in [4.78, 5) is 0. The fraction of sp³-hybridized carbons (Fsp3) is 0.500. The molecular weight excluding hydrogens is 480 g/mol. The third-order valence-corrected chi connectivity index (χ3v) is 2.59. The Labute approximate surface area is 127 Å². The molecule has 0 spiro atoms. The molecule has 1 atom stereocenters. The second kappa shape index (κ2) is 7.63. The first-order chi connectivity index (χ1) is 7.16. The van der Waals surface area contributed by atoms with Gasteiger partial charge < -0.3 is 20.1 Å². The lowest BCUT2D eigenvalue weighted by molar-refractivity contribution is -0.0699. The van der Waals surface area contributed by atoms with Crippen molar-refractivity contribution in [2.45, 2.75) is 13.1 Å². The van der Waals surface area contributed by atoms with Crippen molar-refractivity contribution in [1.82, 2.24) is 0 Å². The van der Waals surface area contributed by atoms with E-state index >= 15 is 0 Å². The van der Waals surface area contributed by atoms with E-state index in [1.165, 1.54) is 24.3 Å². The van der Waals surface area contributed by atoms with Crippen LogP contribution in [0.4, 0.5) is 0 Å².